The number of carbonyl (C=O) groups is 3. The molecule has 0 aromatic rings. The molecule has 1 amide bonds. The van der Waals surface area contributed by atoms with E-state index in [1.54, 1.807) is 13.8 Å². The summed E-state index contributed by atoms with van der Waals surface area (Å²) < 4.78 is 0. The lowest BCUT2D eigenvalue weighted by Gasteiger charge is -2.19. The van der Waals surface area contributed by atoms with Crippen molar-refractivity contribution in [1.29, 1.82) is 0 Å². The molecule has 0 rings (SSSR count). The van der Waals surface area contributed by atoms with Crippen LogP contribution in [0, 0.1) is 5.92 Å². The number of carboxylic acids is 2. The van der Waals surface area contributed by atoms with E-state index in [4.69, 9.17) is 15.9 Å². The van der Waals surface area contributed by atoms with Gasteiger partial charge in [-0.1, -0.05) is 6.92 Å². The summed E-state index contributed by atoms with van der Waals surface area (Å²) in [5, 5.41) is 19.7. The van der Waals surface area contributed by atoms with Crippen molar-refractivity contribution in [3.8, 4) is 0 Å². The Hall–Kier alpha value is -1.63. The zero-order chi connectivity index (χ0) is 14.3. The summed E-state index contributed by atoms with van der Waals surface area (Å²) >= 11 is 0. The molecule has 0 aliphatic carbocycles. The molecule has 7 heteroatoms. The van der Waals surface area contributed by atoms with Crippen molar-refractivity contribution in [1.82, 2.24) is 5.32 Å². The molecule has 0 heterocycles. The smallest absolute Gasteiger partial charge is 0.326 e. The van der Waals surface area contributed by atoms with Crippen molar-refractivity contribution in [2.45, 2.75) is 45.2 Å². The van der Waals surface area contributed by atoms with Gasteiger partial charge in [-0.15, -0.1) is 0 Å². The molecule has 0 bridgehead atoms. The van der Waals surface area contributed by atoms with E-state index in [9.17, 15) is 14.4 Å². The Morgan fingerprint density at radius 2 is 1.78 bits per heavy atom. The van der Waals surface area contributed by atoms with Crippen LogP contribution in [0.3, 0.4) is 0 Å². The third-order valence-corrected chi connectivity index (χ3v) is 2.70. The van der Waals surface area contributed by atoms with Gasteiger partial charge in [0, 0.05) is 18.4 Å². The van der Waals surface area contributed by atoms with Crippen molar-refractivity contribution in [3.63, 3.8) is 0 Å². The number of aliphatic carboxylic acids is 2. The normalized spacial score (nSPS) is 15.5. The number of nitrogens with one attached hydrogen (secondary N) is 1. The summed E-state index contributed by atoms with van der Waals surface area (Å²) in [6.45, 7) is 3.26. The van der Waals surface area contributed by atoms with Crippen LogP contribution in [0.1, 0.15) is 33.1 Å². The van der Waals surface area contributed by atoms with Crippen LogP contribution in [-0.2, 0) is 14.4 Å². The van der Waals surface area contributed by atoms with E-state index in [2.05, 4.69) is 5.32 Å². The van der Waals surface area contributed by atoms with E-state index in [1.165, 1.54) is 0 Å². The first-order valence-electron chi connectivity index (χ1n) is 5.76. The monoisotopic (exact) mass is 260 g/mol. The van der Waals surface area contributed by atoms with Crippen molar-refractivity contribution in [3.05, 3.63) is 0 Å². The lowest BCUT2D eigenvalue weighted by atomic mass is 10.0. The molecule has 104 valence electrons. The van der Waals surface area contributed by atoms with Gasteiger partial charge in [0.25, 0.3) is 0 Å². The van der Waals surface area contributed by atoms with Gasteiger partial charge in [0.2, 0.25) is 5.91 Å². The van der Waals surface area contributed by atoms with Gasteiger partial charge >= 0.3 is 11.9 Å². The predicted octanol–water partition coefficient (Wildman–Crippen LogP) is -0.206. The van der Waals surface area contributed by atoms with Crippen molar-refractivity contribution < 1.29 is 24.6 Å². The number of rotatable bonds is 8. The molecule has 5 N–H and O–H groups in total. The van der Waals surface area contributed by atoms with Gasteiger partial charge in [-0.05, 0) is 19.8 Å². The Kier molecular flexibility index (Phi) is 6.96. The first-order chi connectivity index (χ1) is 8.25. The molecule has 0 saturated heterocycles. The molecular formula is C11H20N2O5. The highest BCUT2D eigenvalue weighted by Crippen LogP contribution is 2.05. The fourth-order valence-electron chi connectivity index (χ4n) is 1.26. The zero-order valence-corrected chi connectivity index (χ0v) is 10.5. The summed E-state index contributed by atoms with van der Waals surface area (Å²) in [4.78, 5) is 32.9. The minimum atomic E-state index is -1.18. The maximum Gasteiger partial charge on any atom is 0.326 e. The van der Waals surface area contributed by atoms with Crippen LogP contribution in [0.4, 0.5) is 0 Å². The predicted molar refractivity (Wildman–Crippen MR) is 63.9 cm³/mol. The molecule has 0 aromatic heterocycles. The van der Waals surface area contributed by atoms with Gasteiger partial charge in [-0.2, -0.15) is 0 Å². The Morgan fingerprint density at radius 1 is 1.22 bits per heavy atom. The topological polar surface area (TPSA) is 130 Å². The Labute approximate surface area is 105 Å². The molecule has 18 heavy (non-hydrogen) atoms. The highest BCUT2D eigenvalue weighted by molar-refractivity contribution is 5.85. The largest absolute Gasteiger partial charge is 0.481 e. The van der Waals surface area contributed by atoms with Gasteiger partial charge in [0.15, 0.2) is 0 Å². The SMILES string of the molecule is CC(N)C(C)C(=O)N[C@H](CCCC(=O)O)C(=O)O. The quantitative estimate of drug-likeness (QED) is 0.478. The van der Waals surface area contributed by atoms with Gasteiger partial charge in [0.05, 0.1) is 0 Å². The molecule has 3 atom stereocenters. The van der Waals surface area contributed by atoms with E-state index in [0.717, 1.165) is 0 Å². The first kappa shape index (κ1) is 16.4. The van der Waals surface area contributed by atoms with E-state index in [1.807, 2.05) is 0 Å². The van der Waals surface area contributed by atoms with Gasteiger partial charge < -0.3 is 21.3 Å². The maximum absolute atomic E-state index is 11.6. The van der Waals surface area contributed by atoms with E-state index in [-0.39, 0.29) is 25.3 Å². The van der Waals surface area contributed by atoms with Crippen LogP contribution < -0.4 is 11.1 Å². The van der Waals surface area contributed by atoms with Gasteiger partial charge in [-0.25, -0.2) is 4.79 Å². The highest BCUT2D eigenvalue weighted by atomic mass is 16.4. The lowest BCUT2D eigenvalue weighted by molar-refractivity contribution is -0.143. The lowest BCUT2D eigenvalue weighted by Crippen LogP contribution is -2.46. The molecule has 0 aliphatic heterocycles. The van der Waals surface area contributed by atoms with Crippen molar-refractivity contribution in [2.24, 2.45) is 11.7 Å². The van der Waals surface area contributed by atoms with Crippen LogP contribution in [0.15, 0.2) is 0 Å². The molecule has 0 spiro atoms. The summed E-state index contributed by atoms with van der Waals surface area (Å²) in [5.41, 5.74) is 5.54. The number of hydrogen-bond donors (Lipinski definition) is 4. The third kappa shape index (κ3) is 6.19. The highest BCUT2D eigenvalue weighted by Gasteiger charge is 2.24. The molecule has 0 saturated carbocycles. The second kappa shape index (κ2) is 7.65. The van der Waals surface area contributed by atoms with E-state index >= 15 is 0 Å². The second-order valence-electron chi connectivity index (χ2n) is 4.33. The minimum Gasteiger partial charge on any atom is -0.481 e. The molecule has 0 aliphatic rings. The first-order valence-corrected chi connectivity index (χ1v) is 5.76. The summed E-state index contributed by atoms with van der Waals surface area (Å²) in [5.74, 6) is -3.10. The molecule has 0 fully saturated rings. The second-order valence-corrected chi connectivity index (χ2v) is 4.33. The number of carboxylic acid groups (broad SMARTS) is 2. The maximum atomic E-state index is 11.6. The number of hydrogen-bond acceptors (Lipinski definition) is 4. The average Bonchev–Trinajstić information content (AvgIpc) is 2.25. The van der Waals surface area contributed by atoms with Gasteiger partial charge in [0.1, 0.15) is 6.04 Å². The standard InChI is InChI=1S/C11H20N2O5/c1-6(7(2)12)10(16)13-8(11(17)18)4-3-5-9(14)15/h6-8H,3-5,12H2,1-2H3,(H,13,16)(H,14,15)(H,17,18)/t6?,7?,8-/m1/s1. The number of amides is 1. The number of carbonyl (C=O) groups excluding carboxylic acids is 1. The third-order valence-electron chi connectivity index (χ3n) is 2.70. The van der Waals surface area contributed by atoms with Crippen LogP contribution in [0.25, 0.3) is 0 Å². The fourth-order valence-corrected chi connectivity index (χ4v) is 1.26. The van der Waals surface area contributed by atoms with E-state index < -0.39 is 29.8 Å². The Bertz CT molecular complexity index is 317. The molecule has 0 radical (unpaired) electrons. The van der Waals surface area contributed by atoms with Crippen molar-refractivity contribution in [2.75, 3.05) is 0 Å². The minimum absolute atomic E-state index is 0.0824. The summed E-state index contributed by atoms with van der Waals surface area (Å²) in [6, 6.07) is -1.45. The molecule has 0 aromatic carbocycles. The summed E-state index contributed by atoms with van der Waals surface area (Å²) in [6.07, 6.45) is 0.153. The molecule has 7 nitrogen and oxygen atoms in total. The van der Waals surface area contributed by atoms with Crippen LogP contribution in [0.5, 0.6) is 0 Å². The van der Waals surface area contributed by atoms with Crippen LogP contribution >= 0.6 is 0 Å². The summed E-state index contributed by atoms with van der Waals surface area (Å²) in [7, 11) is 0. The average molecular weight is 260 g/mol. The van der Waals surface area contributed by atoms with Crippen LogP contribution in [0.2, 0.25) is 0 Å². The fraction of sp³-hybridized carbons (Fsp3) is 0.727. The van der Waals surface area contributed by atoms with E-state index in [0.29, 0.717) is 0 Å². The Balaban J connectivity index is 4.31. The number of nitrogens with two attached hydrogens (primary N) is 1. The Morgan fingerprint density at radius 3 is 2.17 bits per heavy atom. The van der Waals surface area contributed by atoms with Gasteiger partial charge in [-0.3, -0.25) is 9.59 Å². The van der Waals surface area contributed by atoms with Crippen LogP contribution in [-0.4, -0.2) is 40.1 Å². The zero-order valence-electron chi connectivity index (χ0n) is 10.5. The molecule has 2 unspecified atom stereocenters. The molecular weight excluding hydrogens is 240 g/mol. The van der Waals surface area contributed by atoms with Crippen molar-refractivity contribution >= 4 is 17.8 Å².